The van der Waals surface area contributed by atoms with Crippen LogP contribution in [0.25, 0.3) is 11.1 Å². The molecule has 1 aliphatic rings. The predicted octanol–water partition coefficient (Wildman–Crippen LogP) is 7.33. The number of ether oxygens (including phenoxy) is 2. The molecule has 6 heteroatoms. The molecule has 4 aromatic rings. The molecular weight excluding hydrogens is 528 g/mol. The average Bonchev–Trinajstić information content (AvgIpc) is 3.39. The zero-order valence-corrected chi connectivity index (χ0v) is 23.3. The molecule has 0 unspecified atom stereocenters. The summed E-state index contributed by atoms with van der Waals surface area (Å²) in [4.78, 5) is 0. The van der Waals surface area contributed by atoms with E-state index in [4.69, 9.17) is 9.47 Å². The molecule has 0 spiro atoms. The summed E-state index contributed by atoms with van der Waals surface area (Å²) in [5.41, 5.74) is 5.22. The fourth-order valence-electron chi connectivity index (χ4n) is 5.52. The van der Waals surface area contributed by atoms with Crippen LogP contribution in [-0.4, -0.2) is 33.1 Å². The summed E-state index contributed by atoms with van der Waals surface area (Å²) in [6.07, 6.45) is 6.46. The summed E-state index contributed by atoms with van der Waals surface area (Å²) < 4.78 is 12.3. The highest BCUT2D eigenvalue weighted by atomic mass is 16.5. The van der Waals surface area contributed by atoms with Crippen LogP contribution >= 0.6 is 0 Å². The number of phenolic OH excluding ortho intramolecular Hbond substituents is 3. The number of rotatable bonds is 11. The maximum atomic E-state index is 11.3. The highest BCUT2D eigenvalue weighted by molar-refractivity contribution is 5.77. The van der Waals surface area contributed by atoms with Gasteiger partial charge in [-0.3, -0.25) is 0 Å². The monoisotopic (exact) mass is 562 g/mol. The molecule has 0 saturated heterocycles. The summed E-state index contributed by atoms with van der Waals surface area (Å²) >= 11 is 0. The third-order valence-electron chi connectivity index (χ3n) is 7.48. The van der Waals surface area contributed by atoms with Crippen LogP contribution in [0.2, 0.25) is 0 Å². The van der Waals surface area contributed by atoms with E-state index >= 15 is 0 Å². The van der Waals surface area contributed by atoms with Crippen LogP contribution in [-0.2, 0) is 19.3 Å². The minimum absolute atomic E-state index is 0.00140. The van der Waals surface area contributed by atoms with Gasteiger partial charge in [-0.15, -0.1) is 19.7 Å². The summed E-state index contributed by atoms with van der Waals surface area (Å²) in [5.74, 6) is 0.413. The second-order valence-corrected chi connectivity index (χ2v) is 10.3. The minimum atomic E-state index is -0.707. The Labute approximate surface area is 245 Å². The molecule has 4 aromatic carbocycles. The Morgan fingerprint density at radius 2 is 1.36 bits per heavy atom. The fourth-order valence-corrected chi connectivity index (χ4v) is 5.52. The van der Waals surface area contributed by atoms with Crippen LogP contribution in [0.1, 0.15) is 33.7 Å². The highest BCUT2D eigenvalue weighted by Crippen LogP contribution is 2.54. The van der Waals surface area contributed by atoms with Gasteiger partial charge < -0.3 is 29.9 Å². The largest absolute Gasteiger partial charge is 0.507 e. The Bertz CT molecular complexity index is 1640. The van der Waals surface area contributed by atoms with E-state index in [2.05, 4.69) is 19.7 Å². The third-order valence-corrected chi connectivity index (χ3v) is 7.48. The van der Waals surface area contributed by atoms with Crippen molar-refractivity contribution < 1.29 is 29.9 Å². The van der Waals surface area contributed by atoms with E-state index in [-0.39, 0.29) is 35.4 Å². The van der Waals surface area contributed by atoms with Gasteiger partial charge in [0.05, 0.1) is 12.5 Å². The second kappa shape index (κ2) is 12.3. The number of aliphatic hydroxyl groups is 1. The van der Waals surface area contributed by atoms with Crippen molar-refractivity contribution in [3.8, 4) is 45.6 Å². The second-order valence-electron chi connectivity index (χ2n) is 10.3. The van der Waals surface area contributed by atoms with Crippen molar-refractivity contribution in [3.05, 3.63) is 133 Å². The van der Waals surface area contributed by atoms with Gasteiger partial charge in [0.15, 0.2) is 11.5 Å². The van der Waals surface area contributed by atoms with Gasteiger partial charge in [0.2, 0.25) is 5.75 Å². The Balaban J connectivity index is 1.59. The number of aliphatic hydroxyl groups excluding tert-OH is 1. The first kappa shape index (κ1) is 28.6. The Kier molecular flexibility index (Phi) is 8.36. The zero-order valence-electron chi connectivity index (χ0n) is 23.3. The van der Waals surface area contributed by atoms with Crippen LogP contribution in [0, 0.1) is 0 Å². The lowest BCUT2D eigenvalue weighted by atomic mass is 9.83. The lowest BCUT2D eigenvalue weighted by molar-refractivity contribution is 0.121. The first-order valence-electron chi connectivity index (χ1n) is 13.8. The van der Waals surface area contributed by atoms with Crippen LogP contribution in [0.4, 0.5) is 0 Å². The summed E-state index contributed by atoms with van der Waals surface area (Å²) in [7, 11) is 0. The first-order chi connectivity index (χ1) is 20.4. The molecule has 0 amide bonds. The van der Waals surface area contributed by atoms with Gasteiger partial charge in [0.1, 0.15) is 23.4 Å². The predicted molar refractivity (Wildman–Crippen MR) is 165 cm³/mol. The molecule has 0 radical (unpaired) electrons. The van der Waals surface area contributed by atoms with E-state index in [0.29, 0.717) is 35.3 Å². The first-order valence-corrected chi connectivity index (χ1v) is 13.8. The van der Waals surface area contributed by atoms with E-state index in [1.165, 1.54) is 0 Å². The van der Waals surface area contributed by atoms with E-state index in [9.17, 15) is 20.4 Å². The lowest BCUT2D eigenvalue weighted by Gasteiger charge is -2.20. The molecule has 1 aliphatic heterocycles. The van der Waals surface area contributed by atoms with Crippen molar-refractivity contribution in [1.82, 2.24) is 0 Å². The highest BCUT2D eigenvalue weighted by Gasteiger charge is 2.40. The Hall–Kier alpha value is -4.94. The van der Waals surface area contributed by atoms with Crippen molar-refractivity contribution in [2.24, 2.45) is 0 Å². The quantitative estimate of drug-likeness (QED) is 0.143. The number of fused-ring (bicyclic) bond motifs is 1. The van der Waals surface area contributed by atoms with Gasteiger partial charge in [-0.2, -0.15) is 0 Å². The van der Waals surface area contributed by atoms with Gasteiger partial charge in [0, 0.05) is 16.7 Å². The number of benzene rings is 4. The molecule has 6 nitrogen and oxygen atoms in total. The molecule has 2 atom stereocenters. The van der Waals surface area contributed by atoms with Gasteiger partial charge in [-0.25, -0.2) is 0 Å². The number of allylic oxidation sites excluding steroid dienone is 3. The SMILES string of the molecule is C=CCc1ccc(Oc2cc(CC=C)c3c(c2O)O[C@@H](CO)[C@H]3c2ccc(O)c(-c3cc(CC=C)ccc3O)c2)cc1. The standard InChI is InChI=1S/C36H34O6/c1-4-7-22-10-14-26(15-11-22)41-31-20-24(9-6-3)34-33(32(21-37)42-36(34)35(31)40)25-13-17-30(39)28(19-25)27-18-23(8-5-2)12-16-29(27)38/h4-6,10-20,32-33,37-40H,1-3,7-9,21H2/t32-,33+/m0/s1. The van der Waals surface area contributed by atoms with E-state index in [1.54, 1.807) is 42.5 Å². The summed E-state index contributed by atoms with van der Waals surface area (Å²) in [6, 6.07) is 19.7. The molecule has 214 valence electrons. The third kappa shape index (κ3) is 5.49. The molecule has 0 saturated carbocycles. The molecular formula is C36H34O6. The van der Waals surface area contributed by atoms with Gasteiger partial charge in [-0.05, 0) is 84.0 Å². The molecule has 0 aromatic heterocycles. The van der Waals surface area contributed by atoms with Gasteiger partial charge in [-0.1, -0.05) is 42.5 Å². The van der Waals surface area contributed by atoms with Crippen molar-refractivity contribution in [1.29, 1.82) is 0 Å². The van der Waals surface area contributed by atoms with Crippen molar-refractivity contribution in [2.75, 3.05) is 6.61 Å². The maximum absolute atomic E-state index is 11.3. The number of hydrogen-bond acceptors (Lipinski definition) is 6. The van der Waals surface area contributed by atoms with E-state index < -0.39 is 12.0 Å². The summed E-state index contributed by atoms with van der Waals surface area (Å²) in [5, 5.41) is 43.2. The van der Waals surface area contributed by atoms with Crippen LogP contribution in [0.15, 0.2) is 105 Å². The van der Waals surface area contributed by atoms with Crippen molar-refractivity contribution in [3.63, 3.8) is 0 Å². The van der Waals surface area contributed by atoms with Gasteiger partial charge in [0.25, 0.3) is 0 Å². The summed E-state index contributed by atoms with van der Waals surface area (Å²) in [6.45, 7) is 11.1. The van der Waals surface area contributed by atoms with Gasteiger partial charge >= 0.3 is 0 Å². The van der Waals surface area contributed by atoms with E-state index in [0.717, 1.165) is 28.7 Å². The number of hydrogen-bond donors (Lipinski definition) is 4. The molecule has 4 N–H and O–H groups in total. The lowest BCUT2D eigenvalue weighted by Crippen LogP contribution is -2.24. The average molecular weight is 563 g/mol. The topological polar surface area (TPSA) is 99.4 Å². The number of aromatic hydroxyl groups is 3. The normalized spacial score (nSPS) is 15.5. The van der Waals surface area contributed by atoms with Crippen LogP contribution < -0.4 is 9.47 Å². The molecule has 42 heavy (non-hydrogen) atoms. The van der Waals surface area contributed by atoms with Crippen LogP contribution in [0.3, 0.4) is 0 Å². The molecule has 0 aliphatic carbocycles. The molecule has 5 rings (SSSR count). The zero-order chi connectivity index (χ0) is 29.8. The fraction of sp³-hybridized carbons (Fsp3) is 0.167. The minimum Gasteiger partial charge on any atom is -0.507 e. The maximum Gasteiger partial charge on any atom is 0.201 e. The Morgan fingerprint density at radius 1 is 0.738 bits per heavy atom. The van der Waals surface area contributed by atoms with E-state index in [1.807, 2.05) is 42.5 Å². The van der Waals surface area contributed by atoms with Crippen LogP contribution in [0.5, 0.6) is 34.5 Å². The van der Waals surface area contributed by atoms with Crippen molar-refractivity contribution >= 4 is 0 Å². The molecule has 0 fully saturated rings. The van der Waals surface area contributed by atoms with Crippen molar-refractivity contribution in [2.45, 2.75) is 31.3 Å². The smallest absolute Gasteiger partial charge is 0.201 e. The molecule has 0 bridgehead atoms. The number of phenols is 3. The molecule has 1 heterocycles. The Morgan fingerprint density at radius 3 is 2.02 bits per heavy atom.